The van der Waals surface area contributed by atoms with Crippen molar-refractivity contribution in [1.82, 2.24) is 4.90 Å². The van der Waals surface area contributed by atoms with Gasteiger partial charge in [-0.3, -0.25) is 19.2 Å². The number of hydrogen-bond donors (Lipinski definition) is 0. The number of fused-ring (bicyclic) bond motifs is 1. The van der Waals surface area contributed by atoms with Crippen molar-refractivity contribution in [2.24, 2.45) is 16.2 Å². The van der Waals surface area contributed by atoms with E-state index in [4.69, 9.17) is 14.2 Å². The summed E-state index contributed by atoms with van der Waals surface area (Å²) in [4.78, 5) is 53.4. The largest absolute Gasteiger partial charge is 0.456 e. The van der Waals surface area contributed by atoms with E-state index in [1.54, 1.807) is 79.0 Å². The first-order valence-corrected chi connectivity index (χ1v) is 12.1. The highest BCUT2D eigenvalue weighted by Crippen LogP contribution is 2.35. The molecule has 8 nitrogen and oxygen atoms in total. The van der Waals surface area contributed by atoms with Crippen molar-refractivity contribution < 1.29 is 33.4 Å². The molecule has 0 aromatic heterocycles. The van der Waals surface area contributed by atoms with Crippen LogP contribution in [0.2, 0.25) is 0 Å². The van der Waals surface area contributed by atoms with Crippen LogP contribution in [0.25, 0.3) is 0 Å². The van der Waals surface area contributed by atoms with Crippen molar-refractivity contribution in [2.45, 2.75) is 86.7 Å². The lowest BCUT2D eigenvalue weighted by molar-refractivity contribution is -0.215. The summed E-state index contributed by atoms with van der Waals surface area (Å²) >= 11 is 1.63. The Bertz CT molecular complexity index is 760. The summed E-state index contributed by atoms with van der Waals surface area (Å²) in [6, 6.07) is -0.477. The molecule has 0 saturated carbocycles. The van der Waals surface area contributed by atoms with Gasteiger partial charge in [0.15, 0.2) is 12.2 Å². The van der Waals surface area contributed by atoms with Gasteiger partial charge in [-0.05, 0) is 62.3 Å². The first-order valence-electron chi connectivity index (χ1n) is 11.0. The van der Waals surface area contributed by atoms with Gasteiger partial charge < -0.3 is 19.1 Å². The molecule has 0 N–H and O–H groups in total. The van der Waals surface area contributed by atoms with Crippen molar-refractivity contribution in [3.05, 3.63) is 0 Å². The summed E-state index contributed by atoms with van der Waals surface area (Å²) in [5, 5.41) is 0. The van der Waals surface area contributed by atoms with E-state index < -0.39 is 64.4 Å². The lowest BCUT2D eigenvalue weighted by Crippen LogP contribution is -2.69. The van der Waals surface area contributed by atoms with E-state index in [-0.39, 0.29) is 0 Å². The predicted molar refractivity (Wildman–Crippen MR) is 121 cm³/mol. The number of thioether (sulfide) groups is 1. The fraction of sp³-hybridized carbons (Fsp3) is 0.826. The molecule has 0 radical (unpaired) electrons. The van der Waals surface area contributed by atoms with Crippen LogP contribution < -0.4 is 0 Å². The van der Waals surface area contributed by atoms with Crippen LogP contribution in [-0.4, -0.2) is 71.1 Å². The normalized spacial score (nSPS) is 26.8. The Morgan fingerprint density at radius 1 is 0.781 bits per heavy atom. The minimum absolute atomic E-state index is 0.428. The zero-order valence-corrected chi connectivity index (χ0v) is 21.5. The van der Waals surface area contributed by atoms with Gasteiger partial charge in [-0.15, -0.1) is 0 Å². The monoisotopic (exact) mass is 471 g/mol. The van der Waals surface area contributed by atoms with Crippen LogP contribution in [0, 0.1) is 16.2 Å². The predicted octanol–water partition coefficient (Wildman–Crippen LogP) is 2.82. The van der Waals surface area contributed by atoms with Crippen LogP contribution in [-0.2, 0) is 33.4 Å². The number of carbonyl (C=O) groups is 4. The smallest absolute Gasteiger partial charge is 0.312 e. The molecule has 182 valence electrons. The Hall–Kier alpha value is -1.77. The van der Waals surface area contributed by atoms with E-state index in [9.17, 15) is 19.2 Å². The highest BCUT2D eigenvalue weighted by Gasteiger charge is 2.56. The van der Waals surface area contributed by atoms with Crippen LogP contribution in [0.15, 0.2) is 0 Å². The van der Waals surface area contributed by atoms with Crippen LogP contribution in [0.4, 0.5) is 0 Å². The Balaban J connectivity index is 2.52. The molecule has 0 bridgehead atoms. The molecule has 0 spiro atoms. The molecule has 32 heavy (non-hydrogen) atoms. The lowest BCUT2D eigenvalue weighted by Gasteiger charge is -2.49. The Labute approximate surface area is 195 Å². The Morgan fingerprint density at radius 2 is 1.22 bits per heavy atom. The van der Waals surface area contributed by atoms with Crippen LogP contribution in [0.5, 0.6) is 0 Å². The zero-order valence-electron chi connectivity index (χ0n) is 20.6. The van der Waals surface area contributed by atoms with E-state index in [0.717, 1.165) is 0 Å². The van der Waals surface area contributed by atoms with Gasteiger partial charge in [0, 0.05) is 18.1 Å². The van der Waals surface area contributed by atoms with Crippen molar-refractivity contribution in [2.75, 3.05) is 18.1 Å². The van der Waals surface area contributed by atoms with Crippen LogP contribution in [0.1, 0.15) is 62.3 Å². The molecule has 4 atom stereocenters. The molecular formula is C23H37NO7S. The number of rotatable bonds is 3. The maximum Gasteiger partial charge on any atom is 0.312 e. The van der Waals surface area contributed by atoms with Crippen molar-refractivity contribution >= 4 is 35.6 Å². The molecule has 0 aromatic rings. The summed E-state index contributed by atoms with van der Waals surface area (Å²) in [5.41, 5.74) is -2.53. The average Bonchev–Trinajstić information content (AvgIpc) is 2.64. The lowest BCUT2D eigenvalue weighted by atomic mass is 9.90. The topological polar surface area (TPSA) is 99.2 Å². The minimum Gasteiger partial charge on any atom is -0.456 e. The quantitative estimate of drug-likeness (QED) is 0.458. The maximum atomic E-state index is 13.4. The third kappa shape index (κ3) is 5.97. The van der Waals surface area contributed by atoms with Gasteiger partial charge >= 0.3 is 17.9 Å². The molecule has 0 aliphatic carbocycles. The molecule has 2 aliphatic rings. The summed E-state index contributed by atoms with van der Waals surface area (Å²) < 4.78 is 17.3. The molecule has 0 unspecified atom stereocenters. The van der Waals surface area contributed by atoms with E-state index >= 15 is 0 Å². The number of piperidine rings is 1. The molecule has 1 amide bonds. The van der Waals surface area contributed by atoms with Crippen molar-refractivity contribution in [3.63, 3.8) is 0 Å². The van der Waals surface area contributed by atoms with Gasteiger partial charge in [-0.1, -0.05) is 0 Å². The van der Waals surface area contributed by atoms with Crippen LogP contribution in [0.3, 0.4) is 0 Å². The molecule has 0 aromatic carbocycles. The molecule has 2 fully saturated rings. The van der Waals surface area contributed by atoms with Gasteiger partial charge in [0.25, 0.3) is 5.91 Å². The third-order valence-corrected chi connectivity index (χ3v) is 6.30. The van der Waals surface area contributed by atoms with E-state index in [1.165, 1.54) is 0 Å². The molecule has 2 rings (SSSR count). The highest BCUT2D eigenvalue weighted by molar-refractivity contribution is 7.99. The summed E-state index contributed by atoms with van der Waals surface area (Å²) in [7, 11) is 0. The van der Waals surface area contributed by atoms with Crippen molar-refractivity contribution in [3.8, 4) is 0 Å². The second kappa shape index (κ2) is 9.23. The summed E-state index contributed by atoms with van der Waals surface area (Å²) in [6.45, 7) is 15.7. The zero-order chi connectivity index (χ0) is 24.6. The Morgan fingerprint density at radius 3 is 1.69 bits per heavy atom. The minimum atomic E-state index is -1.38. The molecule has 2 aliphatic heterocycles. The number of hydrogen-bond acceptors (Lipinski definition) is 8. The van der Waals surface area contributed by atoms with E-state index in [1.807, 2.05) is 0 Å². The number of nitrogens with zero attached hydrogens (tertiary/aromatic N) is 1. The summed E-state index contributed by atoms with van der Waals surface area (Å²) in [6.07, 6.45) is -3.56. The fourth-order valence-corrected chi connectivity index (χ4v) is 4.25. The van der Waals surface area contributed by atoms with Gasteiger partial charge in [-0.25, -0.2) is 0 Å². The van der Waals surface area contributed by atoms with E-state index in [2.05, 4.69) is 0 Å². The molecule has 2 saturated heterocycles. The standard InChI is InChI=1S/C23H37NO7S/c1-21(2,3)18(26)29-14-13-12-32-11-10-24(13)17(25)16(31-20(28)23(7,8)9)15(14)30-19(27)22(4,5)6/h13-16H,10-12H2,1-9H3/t13-,14+,15-,16-/m0/s1. The summed E-state index contributed by atoms with van der Waals surface area (Å²) in [5.74, 6) is -0.835. The number of carbonyl (C=O) groups excluding carboxylic acids is 4. The third-order valence-electron chi connectivity index (χ3n) is 5.25. The van der Waals surface area contributed by atoms with Gasteiger partial charge in [0.1, 0.15) is 0 Å². The van der Waals surface area contributed by atoms with Gasteiger partial charge in [0.05, 0.1) is 22.3 Å². The van der Waals surface area contributed by atoms with Crippen molar-refractivity contribution in [1.29, 1.82) is 0 Å². The molecule has 9 heteroatoms. The molecular weight excluding hydrogens is 434 g/mol. The number of amides is 1. The number of esters is 3. The second-order valence-corrected chi connectivity index (χ2v) is 12.6. The molecule has 2 heterocycles. The second-order valence-electron chi connectivity index (χ2n) is 11.5. The van der Waals surface area contributed by atoms with Crippen LogP contribution >= 0.6 is 11.8 Å². The SMILES string of the molecule is CC(C)(C)C(=O)O[C@H]1[C@H](OC(=O)C(C)(C)C)[C@@H]2CSCCN2C(=O)[C@H]1OC(=O)C(C)(C)C. The number of ether oxygens (including phenoxy) is 3. The Kier molecular flexibility index (Phi) is 7.64. The van der Waals surface area contributed by atoms with Gasteiger partial charge in [-0.2, -0.15) is 11.8 Å². The average molecular weight is 472 g/mol. The van der Waals surface area contributed by atoms with E-state index in [0.29, 0.717) is 18.1 Å². The maximum absolute atomic E-state index is 13.4. The van der Waals surface area contributed by atoms with Gasteiger partial charge in [0.2, 0.25) is 6.10 Å². The first kappa shape index (κ1) is 26.5. The first-order chi connectivity index (χ1) is 14.4. The highest BCUT2D eigenvalue weighted by atomic mass is 32.2. The fourth-order valence-electron chi connectivity index (χ4n) is 3.15.